The quantitative estimate of drug-likeness (QED) is 0.758. The molecule has 2 N–H and O–H groups in total. The molecule has 5 nitrogen and oxygen atoms in total. The van der Waals surface area contributed by atoms with Gasteiger partial charge in [-0.15, -0.1) is 0 Å². The van der Waals surface area contributed by atoms with E-state index in [0.29, 0.717) is 19.3 Å². The highest BCUT2D eigenvalue weighted by molar-refractivity contribution is 5.79. The van der Waals surface area contributed by atoms with E-state index in [1.165, 1.54) is 0 Å². The lowest BCUT2D eigenvalue weighted by molar-refractivity contribution is -0.149. The van der Waals surface area contributed by atoms with Crippen molar-refractivity contribution in [2.24, 2.45) is 5.41 Å². The smallest absolute Gasteiger partial charge is 0.311 e. The minimum absolute atomic E-state index is 0.0184. The Hall–Kier alpha value is -1.10. The Morgan fingerprint density at radius 2 is 1.85 bits per heavy atom. The molecule has 1 saturated carbocycles. The fraction of sp³-hybridized carbons (Fsp3) is 0.867. The zero-order chi connectivity index (χ0) is 14.4. The molecular formula is C15H25NO4. The topological polar surface area (TPSA) is 75.6 Å². The summed E-state index contributed by atoms with van der Waals surface area (Å²) in [6, 6.07) is 0. The maximum atomic E-state index is 11.9. The maximum Gasteiger partial charge on any atom is 0.311 e. The first-order valence-corrected chi connectivity index (χ1v) is 7.74. The van der Waals surface area contributed by atoms with Gasteiger partial charge in [0.05, 0.1) is 17.9 Å². The van der Waals surface area contributed by atoms with Gasteiger partial charge in [0.1, 0.15) is 0 Å². The van der Waals surface area contributed by atoms with Gasteiger partial charge in [-0.25, -0.2) is 0 Å². The number of nitrogens with one attached hydrogen (secondary N) is 1. The summed E-state index contributed by atoms with van der Waals surface area (Å²) in [4.78, 5) is 23.5. The summed E-state index contributed by atoms with van der Waals surface area (Å²) in [5.41, 5.74) is -0.761. The zero-order valence-electron chi connectivity index (χ0n) is 12.0. The number of carbonyl (C=O) groups excluding carboxylic acids is 1. The van der Waals surface area contributed by atoms with Gasteiger partial charge in [-0.05, 0) is 25.7 Å². The second kappa shape index (κ2) is 7.07. The molecule has 0 aromatic heterocycles. The van der Waals surface area contributed by atoms with E-state index in [1.54, 1.807) is 0 Å². The van der Waals surface area contributed by atoms with Crippen molar-refractivity contribution >= 4 is 11.9 Å². The van der Waals surface area contributed by atoms with Crippen LogP contribution >= 0.6 is 0 Å². The van der Waals surface area contributed by atoms with Crippen LogP contribution in [0.15, 0.2) is 0 Å². The van der Waals surface area contributed by atoms with Crippen LogP contribution in [-0.2, 0) is 14.3 Å². The van der Waals surface area contributed by atoms with Gasteiger partial charge in [0, 0.05) is 13.2 Å². The lowest BCUT2D eigenvalue weighted by atomic mass is 9.80. The first kappa shape index (κ1) is 15.3. The van der Waals surface area contributed by atoms with E-state index in [0.717, 1.165) is 45.1 Å². The molecule has 1 atom stereocenters. The summed E-state index contributed by atoms with van der Waals surface area (Å²) >= 11 is 0. The van der Waals surface area contributed by atoms with E-state index < -0.39 is 11.4 Å². The van der Waals surface area contributed by atoms with Gasteiger partial charge in [0.2, 0.25) is 5.91 Å². The third-order valence-corrected chi connectivity index (χ3v) is 4.58. The second-order valence-electron chi connectivity index (χ2n) is 6.12. The number of aliphatic carboxylic acids is 1. The third-order valence-electron chi connectivity index (χ3n) is 4.58. The highest BCUT2D eigenvalue weighted by Gasteiger charge is 2.39. The Labute approximate surface area is 120 Å². The second-order valence-corrected chi connectivity index (χ2v) is 6.12. The Kier molecular flexibility index (Phi) is 5.40. The summed E-state index contributed by atoms with van der Waals surface area (Å²) in [7, 11) is 0. The van der Waals surface area contributed by atoms with Crippen molar-refractivity contribution in [3.05, 3.63) is 0 Å². The van der Waals surface area contributed by atoms with Gasteiger partial charge in [0.15, 0.2) is 0 Å². The van der Waals surface area contributed by atoms with Crippen LogP contribution in [0, 0.1) is 5.41 Å². The summed E-state index contributed by atoms with van der Waals surface area (Å²) in [6.07, 6.45) is 7.72. The molecular weight excluding hydrogens is 258 g/mol. The van der Waals surface area contributed by atoms with Gasteiger partial charge in [0.25, 0.3) is 0 Å². The molecule has 5 heteroatoms. The monoisotopic (exact) mass is 283 g/mol. The first-order chi connectivity index (χ1) is 9.62. The van der Waals surface area contributed by atoms with Gasteiger partial charge in [-0.3, -0.25) is 9.59 Å². The minimum Gasteiger partial charge on any atom is -0.481 e. The van der Waals surface area contributed by atoms with Crippen molar-refractivity contribution in [1.82, 2.24) is 5.32 Å². The molecule has 1 amide bonds. The number of carboxylic acids is 1. The molecule has 1 unspecified atom stereocenters. The van der Waals surface area contributed by atoms with Crippen LogP contribution in [0.25, 0.3) is 0 Å². The summed E-state index contributed by atoms with van der Waals surface area (Å²) < 4.78 is 5.43. The molecule has 1 aliphatic carbocycles. The van der Waals surface area contributed by atoms with E-state index in [-0.39, 0.29) is 18.6 Å². The summed E-state index contributed by atoms with van der Waals surface area (Å²) in [5.74, 6) is -0.849. The van der Waals surface area contributed by atoms with Crippen molar-refractivity contribution in [2.45, 2.75) is 63.9 Å². The molecule has 1 aliphatic heterocycles. The highest BCUT2D eigenvalue weighted by atomic mass is 16.5. The Morgan fingerprint density at radius 1 is 1.15 bits per heavy atom. The normalized spacial score (nSPS) is 25.9. The van der Waals surface area contributed by atoms with Crippen LogP contribution in [0.1, 0.15) is 57.8 Å². The molecule has 0 spiro atoms. The predicted molar refractivity (Wildman–Crippen MR) is 74.4 cm³/mol. The number of carbonyl (C=O) groups is 2. The van der Waals surface area contributed by atoms with Crippen molar-refractivity contribution in [2.75, 3.05) is 13.2 Å². The Morgan fingerprint density at radius 3 is 2.40 bits per heavy atom. The lowest BCUT2D eigenvalue weighted by Gasteiger charge is -2.28. The Bertz CT molecular complexity index is 342. The molecule has 20 heavy (non-hydrogen) atoms. The molecule has 0 bridgehead atoms. The van der Waals surface area contributed by atoms with Gasteiger partial charge >= 0.3 is 5.97 Å². The number of hydrogen-bond donors (Lipinski definition) is 2. The Balaban J connectivity index is 1.84. The van der Waals surface area contributed by atoms with E-state index in [4.69, 9.17) is 4.74 Å². The van der Waals surface area contributed by atoms with Crippen LogP contribution in [0.2, 0.25) is 0 Å². The number of hydrogen-bond acceptors (Lipinski definition) is 3. The first-order valence-electron chi connectivity index (χ1n) is 7.74. The van der Waals surface area contributed by atoms with Crippen molar-refractivity contribution in [3.63, 3.8) is 0 Å². The summed E-state index contributed by atoms with van der Waals surface area (Å²) in [5, 5.41) is 12.4. The van der Waals surface area contributed by atoms with E-state index in [1.807, 2.05) is 0 Å². The van der Waals surface area contributed by atoms with Crippen LogP contribution in [0.4, 0.5) is 0 Å². The van der Waals surface area contributed by atoms with Gasteiger partial charge in [-0.1, -0.05) is 25.7 Å². The fourth-order valence-electron chi connectivity index (χ4n) is 3.22. The molecule has 2 rings (SSSR count). The van der Waals surface area contributed by atoms with Crippen LogP contribution in [-0.4, -0.2) is 36.2 Å². The van der Waals surface area contributed by atoms with Crippen LogP contribution in [0.5, 0.6) is 0 Å². The van der Waals surface area contributed by atoms with Crippen LogP contribution < -0.4 is 5.32 Å². The predicted octanol–water partition coefficient (Wildman–Crippen LogP) is 2.10. The molecule has 1 heterocycles. The molecule has 0 aromatic carbocycles. The number of rotatable bonds is 5. The molecule has 0 aromatic rings. The average molecular weight is 283 g/mol. The number of carboxylic acid groups (broad SMARTS) is 1. The number of amides is 1. The molecule has 0 radical (unpaired) electrons. The van der Waals surface area contributed by atoms with E-state index in [2.05, 4.69) is 5.32 Å². The van der Waals surface area contributed by atoms with Crippen LogP contribution in [0.3, 0.4) is 0 Å². The maximum absolute atomic E-state index is 11.9. The van der Waals surface area contributed by atoms with E-state index >= 15 is 0 Å². The third kappa shape index (κ3) is 3.95. The van der Waals surface area contributed by atoms with Crippen molar-refractivity contribution in [3.8, 4) is 0 Å². The lowest BCUT2D eigenvalue weighted by Crippen LogP contribution is -2.43. The van der Waals surface area contributed by atoms with Crippen molar-refractivity contribution < 1.29 is 19.4 Å². The minimum atomic E-state index is -0.767. The van der Waals surface area contributed by atoms with E-state index in [9.17, 15) is 14.7 Å². The number of ether oxygens (including phenoxy) is 1. The highest BCUT2D eigenvalue weighted by Crippen LogP contribution is 2.34. The van der Waals surface area contributed by atoms with Gasteiger partial charge in [-0.2, -0.15) is 0 Å². The van der Waals surface area contributed by atoms with Crippen molar-refractivity contribution in [1.29, 1.82) is 0 Å². The summed E-state index contributed by atoms with van der Waals surface area (Å²) in [6.45, 7) is 0.991. The average Bonchev–Trinajstić information content (AvgIpc) is 2.79. The zero-order valence-corrected chi connectivity index (χ0v) is 12.0. The molecule has 2 fully saturated rings. The fourth-order valence-corrected chi connectivity index (χ4v) is 3.22. The van der Waals surface area contributed by atoms with Gasteiger partial charge < -0.3 is 15.2 Å². The molecule has 2 aliphatic rings. The molecule has 1 saturated heterocycles. The standard InChI is InChI=1S/C15H25NO4/c17-13(10-12-6-5-9-20-12)16-11-15(14(18)19)7-3-1-2-4-8-15/h12H,1-11H2,(H,16,17)(H,18,19). The largest absolute Gasteiger partial charge is 0.481 e. The molecule has 114 valence electrons. The SMILES string of the molecule is O=C(CC1CCCO1)NCC1(C(=O)O)CCCCCC1.